The summed E-state index contributed by atoms with van der Waals surface area (Å²) in [6.07, 6.45) is 10.6. The van der Waals surface area contributed by atoms with Crippen LogP contribution in [0.15, 0.2) is 47.1 Å². The summed E-state index contributed by atoms with van der Waals surface area (Å²) < 4.78 is 19.8. The van der Waals surface area contributed by atoms with E-state index in [0.717, 1.165) is 25.7 Å². The highest BCUT2D eigenvalue weighted by molar-refractivity contribution is 5.97. The normalized spacial score (nSPS) is 15.1. The van der Waals surface area contributed by atoms with Crippen molar-refractivity contribution in [1.82, 2.24) is 10.2 Å². The molecule has 27 heavy (non-hydrogen) atoms. The average molecular weight is 368 g/mol. The second-order valence-electron chi connectivity index (χ2n) is 6.57. The standard InChI is InChI=1S/C21H21FN2O3/c1-2-19(25)24(14-16-10-7-13-27-16)20(17-11-5-6-12-18(17)22)21(26)23-15-8-3-4-9-15/h1,5-7,10-13,15,20H,3-4,8-9,14H2,(H,23,26)/t20-/m1/s1. The van der Waals surface area contributed by atoms with Crippen LogP contribution in [-0.4, -0.2) is 22.8 Å². The summed E-state index contributed by atoms with van der Waals surface area (Å²) in [7, 11) is 0. The highest BCUT2D eigenvalue weighted by Crippen LogP contribution is 2.27. The maximum absolute atomic E-state index is 14.5. The lowest BCUT2D eigenvalue weighted by Gasteiger charge is -2.30. The Morgan fingerprint density at radius 2 is 2.00 bits per heavy atom. The Kier molecular flexibility index (Phi) is 5.92. The quantitative estimate of drug-likeness (QED) is 0.797. The predicted molar refractivity (Wildman–Crippen MR) is 97.6 cm³/mol. The molecule has 0 unspecified atom stereocenters. The van der Waals surface area contributed by atoms with Gasteiger partial charge in [-0.05, 0) is 37.0 Å². The van der Waals surface area contributed by atoms with Crippen molar-refractivity contribution >= 4 is 11.8 Å². The number of carbonyl (C=O) groups excluding carboxylic acids is 2. The first kappa shape index (κ1) is 18.7. The van der Waals surface area contributed by atoms with Crippen LogP contribution >= 0.6 is 0 Å². The second kappa shape index (κ2) is 8.54. The molecule has 1 aliphatic carbocycles. The average Bonchev–Trinajstić information content (AvgIpc) is 3.36. The van der Waals surface area contributed by atoms with Crippen LogP contribution in [0.2, 0.25) is 0 Å². The number of nitrogens with one attached hydrogen (secondary N) is 1. The molecular formula is C21H21FN2O3. The summed E-state index contributed by atoms with van der Waals surface area (Å²) in [5, 5.41) is 2.95. The molecule has 3 rings (SSSR count). The molecule has 0 aliphatic heterocycles. The minimum absolute atomic E-state index is 0.0261. The van der Waals surface area contributed by atoms with Crippen molar-refractivity contribution in [3.05, 3.63) is 59.8 Å². The number of rotatable bonds is 6. The van der Waals surface area contributed by atoms with E-state index in [2.05, 4.69) is 5.32 Å². The fraction of sp³-hybridized carbons (Fsp3) is 0.333. The van der Waals surface area contributed by atoms with Gasteiger partial charge in [0.1, 0.15) is 17.6 Å². The third-order valence-corrected chi connectivity index (χ3v) is 4.75. The van der Waals surface area contributed by atoms with Crippen molar-refractivity contribution in [2.45, 2.75) is 44.3 Å². The fourth-order valence-electron chi connectivity index (χ4n) is 3.43. The lowest BCUT2D eigenvalue weighted by molar-refractivity contribution is -0.138. The molecule has 0 spiro atoms. The molecule has 5 nitrogen and oxygen atoms in total. The molecule has 2 amide bonds. The molecule has 140 valence electrons. The first-order chi connectivity index (χ1) is 13.1. The van der Waals surface area contributed by atoms with E-state index >= 15 is 0 Å². The molecule has 1 N–H and O–H groups in total. The van der Waals surface area contributed by atoms with Gasteiger partial charge in [-0.15, -0.1) is 6.42 Å². The molecule has 1 fully saturated rings. The van der Waals surface area contributed by atoms with Crippen molar-refractivity contribution in [2.75, 3.05) is 0 Å². The number of carbonyl (C=O) groups is 2. The number of amides is 2. The number of benzene rings is 1. The SMILES string of the molecule is C#CC(=O)N(Cc1ccco1)[C@@H](C(=O)NC1CCCC1)c1ccccc1F. The molecule has 1 heterocycles. The minimum Gasteiger partial charge on any atom is -0.467 e. The molecule has 1 saturated carbocycles. The zero-order valence-electron chi connectivity index (χ0n) is 14.9. The maximum atomic E-state index is 14.5. The van der Waals surface area contributed by atoms with Gasteiger partial charge in [-0.3, -0.25) is 9.59 Å². The van der Waals surface area contributed by atoms with E-state index in [4.69, 9.17) is 10.8 Å². The molecule has 2 aromatic rings. The van der Waals surface area contributed by atoms with E-state index in [-0.39, 0.29) is 18.2 Å². The molecule has 6 heteroatoms. The van der Waals surface area contributed by atoms with E-state index in [0.29, 0.717) is 5.76 Å². The maximum Gasteiger partial charge on any atom is 0.299 e. The van der Waals surface area contributed by atoms with Crippen molar-refractivity contribution in [3.63, 3.8) is 0 Å². The molecule has 1 aromatic heterocycles. The van der Waals surface area contributed by atoms with E-state index in [1.807, 2.05) is 5.92 Å². The third kappa shape index (κ3) is 4.37. The number of terminal acetylenes is 1. The lowest BCUT2D eigenvalue weighted by atomic mass is 10.0. The summed E-state index contributed by atoms with van der Waals surface area (Å²) in [6, 6.07) is 8.10. The van der Waals surface area contributed by atoms with Gasteiger partial charge in [0, 0.05) is 11.6 Å². The highest BCUT2D eigenvalue weighted by atomic mass is 19.1. The van der Waals surface area contributed by atoms with Crippen molar-refractivity contribution < 1.29 is 18.4 Å². The van der Waals surface area contributed by atoms with Gasteiger partial charge in [0.25, 0.3) is 5.91 Å². The van der Waals surface area contributed by atoms with E-state index in [9.17, 15) is 14.0 Å². The van der Waals surface area contributed by atoms with Crippen LogP contribution < -0.4 is 5.32 Å². The first-order valence-corrected chi connectivity index (χ1v) is 8.94. The van der Waals surface area contributed by atoms with Crippen molar-refractivity contribution in [2.24, 2.45) is 0 Å². The van der Waals surface area contributed by atoms with Gasteiger partial charge in [0.2, 0.25) is 5.91 Å². The monoisotopic (exact) mass is 368 g/mol. The highest BCUT2D eigenvalue weighted by Gasteiger charge is 2.34. The number of hydrogen-bond acceptors (Lipinski definition) is 3. The van der Waals surface area contributed by atoms with E-state index < -0.39 is 23.7 Å². The van der Waals surface area contributed by atoms with E-state index in [1.54, 1.807) is 18.2 Å². The van der Waals surface area contributed by atoms with Crippen LogP contribution in [0.1, 0.15) is 43.0 Å². The van der Waals surface area contributed by atoms with Crippen LogP contribution in [-0.2, 0) is 16.1 Å². The summed E-state index contributed by atoms with van der Waals surface area (Å²) >= 11 is 0. The molecule has 1 aliphatic rings. The van der Waals surface area contributed by atoms with Gasteiger partial charge < -0.3 is 14.6 Å². The second-order valence-corrected chi connectivity index (χ2v) is 6.57. The number of nitrogens with zero attached hydrogens (tertiary/aromatic N) is 1. The van der Waals surface area contributed by atoms with Crippen molar-refractivity contribution in [1.29, 1.82) is 0 Å². The zero-order chi connectivity index (χ0) is 19.2. The molecule has 1 atom stereocenters. The van der Waals surface area contributed by atoms with Gasteiger partial charge in [-0.25, -0.2) is 4.39 Å². The topological polar surface area (TPSA) is 62.6 Å². The number of furan rings is 1. The molecule has 0 saturated heterocycles. The van der Waals surface area contributed by atoms with E-state index in [1.165, 1.54) is 29.4 Å². The molecule has 0 radical (unpaired) electrons. The Hall–Kier alpha value is -3.07. The Bertz CT molecular complexity index is 835. The Morgan fingerprint density at radius 1 is 1.26 bits per heavy atom. The third-order valence-electron chi connectivity index (χ3n) is 4.75. The van der Waals surface area contributed by atoms with Crippen LogP contribution in [0.25, 0.3) is 0 Å². The largest absolute Gasteiger partial charge is 0.467 e. The van der Waals surface area contributed by atoms with Crippen molar-refractivity contribution in [3.8, 4) is 12.3 Å². The number of halogens is 1. The Morgan fingerprint density at radius 3 is 2.63 bits per heavy atom. The van der Waals surface area contributed by atoms with Gasteiger partial charge in [-0.2, -0.15) is 0 Å². The molecule has 0 bridgehead atoms. The predicted octanol–water partition coefficient (Wildman–Crippen LogP) is 3.18. The Labute approximate surface area is 157 Å². The summed E-state index contributed by atoms with van der Waals surface area (Å²) in [6.45, 7) is -0.0346. The number of hydrogen-bond donors (Lipinski definition) is 1. The Balaban J connectivity index is 1.97. The minimum atomic E-state index is -1.18. The lowest BCUT2D eigenvalue weighted by Crippen LogP contribution is -2.45. The van der Waals surface area contributed by atoms with Crippen LogP contribution in [0, 0.1) is 18.2 Å². The van der Waals surface area contributed by atoms with Gasteiger partial charge >= 0.3 is 0 Å². The zero-order valence-corrected chi connectivity index (χ0v) is 14.9. The van der Waals surface area contributed by atoms with Crippen LogP contribution in [0.4, 0.5) is 4.39 Å². The summed E-state index contributed by atoms with van der Waals surface area (Å²) in [4.78, 5) is 26.7. The smallest absolute Gasteiger partial charge is 0.299 e. The van der Waals surface area contributed by atoms with Gasteiger partial charge in [0.15, 0.2) is 0 Å². The van der Waals surface area contributed by atoms with Crippen LogP contribution in [0.3, 0.4) is 0 Å². The van der Waals surface area contributed by atoms with Gasteiger partial charge in [-0.1, -0.05) is 31.0 Å². The molecular weight excluding hydrogens is 347 g/mol. The first-order valence-electron chi connectivity index (χ1n) is 8.94. The van der Waals surface area contributed by atoms with Crippen LogP contribution in [0.5, 0.6) is 0 Å². The molecule has 1 aromatic carbocycles. The summed E-state index contributed by atoms with van der Waals surface area (Å²) in [5.74, 6) is 0.770. The fourth-order valence-corrected chi connectivity index (χ4v) is 3.43. The van der Waals surface area contributed by atoms with Gasteiger partial charge in [0.05, 0.1) is 12.8 Å². The summed E-state index contributed by atoms with van der Waals surface area (Å²) in [5.41, 5.74) is 0.100.